The molecular weight excluding hydrogens is 1020 g/mol. The van der Waals surface area contributed by atoms with E-state index in [4.69, 9.17) is 0 Å². The van der Waals surface area contributed by atoms with Crippen molar-refractivity contribution in [1.82, 2.24) is 0 Å². The lowest BCUT2D eigenvalue weighted by atomic mass is 9.38. The fourth-order valence-electron chi connectivity index (χ4n) is 35.0. The number of hydrogen-bond acceptors (Lipinski definition) is 1. The van der Waals surface area contributed by atoms with Gasteiger partial charge in [0.2, 0.25) is 0 Å². The van der Waals surface area contributed by atoms with Crippen molar-refractivity contribution in [2.24, 2.45) is 11.8 Å². The van der Waals surface area contributed by atoms with Gasteiger partial charge in [-0.1, -0.05) is 83.1 Å². The first-order chi connectivity index (χ1) is 39.9. The average Bonchev–Trinajstić information content (AvgIpc) is 1.38. The van der Waals surface area contributed by atoms with Gasteiger partial charge in [0.15, 0.2) is 0 Å². The summed E-state index contributed by atoms with van der Waals surface area (Å²) in [6.07, 6.45) is 0. The number of thioether (sulfide) groups is 1. The summed E-state index contributed by atoms with van der Waals surface area (Å²) in [6.45, 7) is 32.2. The summed E-state index contributed by atoms with van der Waals surface area (Å²) in [7, 11) is 0. The van der Waals surface area contributed by atoms with Crippen LogP contribution in [0.4, 0.5) is 0 Å². The van der Waals surface area contributed by atoms with Crippen LogP contribution < -0.4 is 0 Å². The number of fused-ring (bicyclic) bond motifs is 1. The Labute approximate surface area is 483 Å². The van der Waals surface area contributed by atoms with E-state index >= 15 is 0 Å². The molecule has 390 valence electrons. The predicted octanol–water partition coefficient (Wildman–Crippen LogP) is 19.7. The molecule has 11 aromatic rings. The molecule has 2 spiro atoms. The molecule has 23 aliphatic rings. The van der Waals surface area contributed by atoms with Crippen LogP contribution in [-0.2, 0) is 31.8 Å². The normalized spacial score (nSPS) is 43.2. The molecule has 0 bridgehead atoms. The van der Waals surface area contributed by atoms with Crippen molar-refractivity contribution in [2.75, 3.05) is 0 Å². The predicted molar refractivity (Wildman–Crippen MR) is 331 cm³/mol. The Balaban J connectivity index is 0.960. The molecule has 0 saturated heterocycles. The minimum absolute atomic E-state index is 0.0203. The van der Waals surface area contributed by atoms with Crippen LogP contribution in [0.1, 0.15) is 329 Å². The van der Waals surface area contributed by atoms with Crippen LogP contribution in [0, 0.1) is 11.8 Å². The van der Waals surface area contributed by atoms with Crippen molar-refractivity contribution in [3.63, 3.8) is 0 Å². The molecule has 83 heavy (non-hydrogen) atoms. The van der Waals surface area contributed by atoms with Crippen molar-refractivity contribution in [3.8, 4) is 11.1 Å². The van der Waals surface area contributed by atoms with Gasteiger partial charge < -0.3 is 0 Å². The highest BCUT2D eigenvalue weighted by Gasteiger charge is 2.90. The SMILES string of the molecule is CC(C)(C)c1c2c(c(C(C)(C)C)c(C(C)(C)C)c1C(C)(C)C)C13c4c5c6c7c8c9c%10c%11c%12c%13c%14c%15c(c%16c%13c%10c7c4-%16)C1(S2)C1C%15C2c4c7c%10c%13c%15c%16c%17c%18c%19c%20c%21c%22c%23c(c4c4c%22c%19c%16c%104)C2C%14C%12C%23C%21C%11C9C%20C%18C8C6C%17C%15C5C3C%13C71. The number of rotatable bonds is 0. The van der Waals surface area contributed by atoms with Gasteiger partial charge in [-0.3, -0.25) is 0 Å². The third-order valence-corrected chi connectivity index (χ3v) is 35.4. The summed E-state index contributed by atoms with van der Waals surface area (Å²) in [4.78, 5) is 1.84. The van der Waals surface area contributed by atoms with Crippen LogP contribution >= 0.6 is 11.8 Å². The minimum atomic E-state index is -0.112. The van der Waals surface area contributed by atoms with Crippen LogP contribution in [0.5, 0.6) is 0 Å². The minimum Gasteiger partial charge on any atom is -0.112 e. The summed E-state index contributed by atoms with van der Waals surface area (Å²) >= 11 is 2.69. The molecule has 22 unspecified atom stereocenters. The maximum absolute atomic E-state index is 2.74. The van der Waals surface area contributed by atoms with Gasteiger partial charge in [-0.15, -0.1) is 11.8 Å². The van der Waals surface area contributed by atoms with Gasteiger partial charge in [-0.05, 0) is 376 Å². The lowest BCUT2D eigenvalue weighted by molar-refractivity contribution is 0.0332. The summed E-state index contributed by atoms with van der Waals surface area (Å²) in [5.74, 6) is 12.5. The third kappa shape index (κ3) is 2.34. The van der Waals surface area contributed by atoms with E-state index in [1.807, 2.05) is 208 Å². The average molecular weight is 1070 g/mol. The van der Waals surface area contributed by atoms with Gasteiger partial charge in [0.05, 0.1) is 4.75 Å². The Bertz CT molecular complexity index is 6030. The Morgan fingerprint density at radius 2 is 0.482 bits per heavy atom. The van der Waals surface area contributed by atoms with Gasteiger partial charge in [0.1, 0.15) is 0 Å². The van der Waals surface area contributed by atoms with E-state index < -0.39 is 0 Å². The largest absolute Gasteiger partial charge is 0.112 e. The standard InChI is InChI=1S/C82H56S/c1-77(2,3)71-72(78(4,5)6)74(80(10,11)12)76-75(73(71)79(7,8)9)81-67-59-51-41-31-23-15-13-14-17-21-19(15)27-35-29(21)39-33-25(17)26-18(14)22-20-16(13)24(23)32-38-28(20)36-30(22)40-34(26)44-43(33)55-49(39)57-47(35)53(45(51)37(27)31)61(67)63(57)69-65(55)66-56(44)50(40)58-48(36)54-46(38)52(42(32)41)60(59)68(81)62(54)64(58)70(66)82(69,81)83-76/h15,17,19,21,23,25,31,33,41-44,52,56,60,62,64,66,68,70H,1-12H3. The maximum atomic E-state index is 2.74. The molecule has 1 heterocycles. The Morgan fingerprint density at radius 3 is 0.855 bits per heavy atom. The molecule has 0 N–H and O–H groups in total. The van der Waals surface area contributed by atoms with Crippen molar-refractivity contribution < 1.29 is 0 Å². The van der Waals surface area contributed by atoms with Gasteiger partial charge in [0, 0.05) is 10.3 Å². The first-order valence-corrected chi connectivity index (χ1v) is 34.9. The fraction of sp³-hybridized carbons (Fsp3) is 0.463. The van der Waals surface area contributed by atoms with E-state index in [0.717, 1.165) is 0 Å². The summed E-state index contributed by atoms with van der Waals surface area (Å²) < 4.78 is -0.0610. The van der Waals surface area contributed by atoms with Crippen molar-refractivity contribution >= 4 is 97.9 Å². The van der Waals surface area contributed by atoms with Crippen molar-refractivity contribution in [3.05, 3.63) is 139 Å². The zero-order valence-corrected chi connectivity index (χ0v) is 49.8. The van der Waals surface area contributed by atoms with E-state index in [0.29, 0.717) is 118 Å². The van der Waals surface area contributed by atoms with Crippen molar-refractivity contribution in [1.29, 1.82) is 0 Å². The zero-order valence-electron chi connectivity index (χ0n) is 49.0. The highest BCUT2D eigenvalue weighted by Crippen LogP contribution is 3.01. The molecule has 1 heteroatoms. The molecule has 1 fully saturated rings. The Kier molecular flexibility index (Phi) is 4.01. The molecule has 22 atom stereocenters. The van der Waals surface area contributed by atoms with Crippen LogP contribution in [0.3, 0.4) is 0 Å². The lowest BCUT2D eigenvalue weighted by Crippen LogP contribution is -2.62. The van der Waals surface area contributed by atoms with E-state index in [-0.39, 0.29) is 31.8 Å². The molecule has 0 amide bonds. The molecule has 0 nitrogen and oxygen atoms in total. The van der Waals surface area contributed by atoms with E-state index in [9.17, 15) is 0 Å². The van der Waals surface area contributed by atoms with Crippen LogP contribution in [-0.4, -0.2) is 0 Å². The van der Waals surface area contributed by atoms with E-state index in [1.165, 1.54) is 0 Å². The van der Waals surface area contributed by atoms with Gasteiger partial charge in [0.25, 0.3) is 0 Å². The van der Waals surface area contributed by atoms with Gasteiger partial charge in [-0.25, -0.2) is 0 Å². The second kappa shape index (κ2) is 8.76. The fourth-order valence-corrected chi connectivity index (χ4v) is 37.4. The highest BCUT2D eigenvalue weighted by atomic mass is 32.2. The Hall–Kier alpha value is -5.37. The summed E-state index contributed by atoms with van der Waals surface area (Å²) in [5.41, 5.74) is 53.4. The monoisotopic (exact) mass is 1070 g/mol. The van der Waals surface area contributed by atoms with E-state index in [2.05, 4.69) is 112 Å². The van der Waals surface area contributed by atoms with Crippen LogP contribution in [0.25, 0.3) is 97.3 Å². The van der Waals surface area contributed by atoms with E-state index in [1.54, 1.807) is 16.7 Å². The molecule has 11 aromatic carbocycles. The van der Waals surface area contributed by atoms with Crippen molar-refractivity contribution in [2.45, 2.75) is 226 Å². The molecular formula is C82H56S. The van der Waals surface area contributed by atoms with Gasteiger partial charge in [-0.2, -0.15) is 0 Å². The number of hydrogen-bond donors (Lipinski definition) is 0. The first kappa shape index (κ1) is 37.9. The van der Waals surface area contributed by atoms with Crippen LogP contribution in [0.2, 0.25) is 0 Å². The summed E-state index contributed by atoms with van der Waals surface area (Å²) in [6, 6.07) is 0. The summed E-state index contributed by atoms with van der Waals surface area (Å²) in [5, 5.41) is 30.8. The molecule has 0 aromatic heterocycles. The first-order valence-electron chi connectivity index (χ1n) is 34.1. The van der Waals surface area contributed by atoms with Gasteiger partial charge >= 0.3 is 0 Å². The zero-order chi connectivity index (χ0) is 52.7. The molecule has 34 rings (SSSR count). The maximum Gasteiger partial charge on any atom is 0.0645 e. The third-order valence-electron chi connectivity index (χ3n) is 33.6. The lowest BCUT2D eigenvalue weighted by Gasteiger charge is -2.65. The highest BCUT2D eigenvalue weighted by molar-refractivity contribution is 8.00. The molecule has 0 radical (unpaired) electrons. The molecule has 1 saturated carbocycles. The second-order valence-electron chi connectivity index (χ2n) is 38.3. The molecule has 1 aliphatic heterocycles. The second-order valence-corrected chi connectivity index (χ2v) is 39.6. The smallest absolute Gasteiger partial charge is 0.0645 e. The quantitative estimate of drug-likeness (QED) is 0.136. The Morgan fingerprint density at radius 1 is 0.229 bits per heavy atom. The molecule has 22 aliphatic carbocycles. The number of benzene rings is 10. The topological polar surface area (TPSA) is 0 Å². The van der Waals surface area contributed by atoms with Crippen LogP contribution in [0.15, 0.2) is 4.90 Å².